The number of methoxy groups -OCH3 is 2. The number of amides is 1. The van der Waals surface area contributed by atoms with Crippen LogP contribution in [0.1, 0.15) is 40.1 Å². The number of esters is 3. The summed E-state index contributed by atoms with van der Waals surface area (Å²) in [6, 6.07) is 13.0. The maximum absolute atomic E-state index is 12.5. The van der Waals surface area contributed by atoms with E-state index in [4.69, 9.17) is 4.74 Å². The summed E-state index contributed by atoms with van der Waals surface area (Å²) < 4.78 is 14.5. The Balaban J connectivity index is 2.12. The molecule has 0 heterocycles. The van der Waals surface area contributed by atoms with Gasteiger partial charge < -0.3 is 19.5 Å². The van der Waals surface area contributed by atoms with Gasteiger partial charge in [-0.1, -0.05) is 30.3 Å². The first-order chi connectivity index (χ1) is 14.2. The molecule has 1 amide bonds. The molecule has 8 nitrogen and oxygen atoms in total. The van der Waals surface area contributed by atoms with Crippen LogP contribution in [0.5, 0.6) is 0 Å². The van der Waals surface area contributed by atoms with E-state index >= 15 is 0 Å². The Hall–Kier alpha value is -3.68. The number of benzene rings is 2. The second-order valence-corrected chi connectivity index (χ2v) is 6.86. The van der Waals surface area contributed by atoms with Crippen molar-refractivity contribution in [1.82, 2.24) is 0 Å². The molecule has 0 spiro atoms. The van der Waals surface area contributed by atoms with E-state index in [0.29, 0.717) is 0 Å². The van der Waals surface area contributed by atoms with E-state index in [2.05, 4.69) is 14.8 Å². The fourth-order valence-electron chi connectivity index (χ4n) is 2.65. The zero-order chi connectivity index (χ0) is 22.3. The van der Waals surface area contributed by atoms with Gasteiger partial charge >= 0.3 is 17.9 Å². The molecule has 0 aliphatic rings. The van der Waals surface area contributed by atoms with Crippen molar-refractivity contribution >= 4 is 29.5 Å². The van der Waals surface area contributed by atoms with Crippen LogP contribution < -0.4 is 5.32 Å². The number of hydrogen-bond donors (Lipinski definition) is 1. The summed E-state index contributed by atoms with van der Waals surface area (Å²) in [5.41, 5.74) is -0.0110. The van der Waals surface area contributed by atoms with Gasteiger partial charge in [0, 0.05) is 0 Å². The van der Waals surface area contributed by atoms with E-state index in [9.17, 15) is 19.2 Å². The molecule has 0 saturated heterocycles. The van der Waals surface area contributed by atoms with Crippen LogP contribution in [0.2, 0.25) is 0 Å². The van der Waals surface area contributed by atoms with Crippen molar-refractivity contribution < 1.29 is 33.4 Å². The summed E-state index contributed by atoms with van der Waals surface area (Å²) in [5, 5.41) is 2.47. The van der Waals surface area contributed by atoms with E-state index in [1.807, 2.05) is 6.07 Å². The molecule has 158 valence electrons. The molecule has 0 atom stereocenters. The summed E-state index contributed by atoms with van der Waals surface area (Å²) in [6.07, 6.45) is 0. The van der Waals surface area contributed by atoms with Crippen molar-refractivity contribution in [3.63, 3.8) is 0 Å². The van der Waals surface area contributed by atoms with E-state index < -0.39 is 35.8 Å². The maximum Gasteiger partial charge on any atom is 0.339 e. The lowest BCUT2D eigenvalue weighted by molar-refractivity contribution is -0.152. The molecule has 2 aromatic rings. The molecule has 8 heteroatoms. The monoisotopic (exact) mass is 413 g/mol. The maximum atomic E-state index is 12.5. The predicted octanol–water partition coefficient (Wildman–Crippen LogP) is 2.72. The SMILES string of the molecule is COC(=O)c1ccc(C(=O)OC)c(NC(=O)COC(=O)C(C)(C)c2ccccc2)c1. The van der Waals surface area contributed by atoms with Gasteiger partial charge in [-0.15, -0.1) is 0 Å². The van der Waals surface area contributed by atoms with Gasteiger partial charge in [0.25, 0.3) is 5.91 Å². The van der Waals surface area contributed by atoms with Gasteiger partial charge in [0.15, 0.2) is 6.61 Å². The smallest absolute Gasteiger partial charge is 0.339 e. The van der Waals surface area contributed by atoms with E-state index in [-0.39, 0.29) is 16.8 Å². The topological polar surface area (TPSA) is 108 Å². The van der Waals surface area contributed by atoms with Gasteiger partial charge in [-0.3, -0.25) is 9.59 Å². The highest BCUT2D eigenvalue weighted by molar-refractivity contribution is 6.04. The van der Waals surface area contributed by atoms with Crippen LogP contribution >= 0.6 is 0 Å². The van der Waals surface area contributed by atoms with Crippen LogP contribution in [-0.2, 0) is 29.2 Å². The summed E-state index contributed by atoms with van der Waals surface area (Å²) in [5.74, 6) is -2.61. The second-order valence-electron chi connectivity index (χ2n) is 6.86. The first kappa shape index (κ1) is 22.6. The van der Waals surface area contributed by atoms with Crippen molar-refractivity contribution in [1.29, 1.82) is 0 Å². The lowest BCUT2D eigenvalue weighted by Crippen LogP contribution is -2.33. The third-order valence-corrected chi connectivity index (χ3v) is 4.46. The Morgan fingerprint density at radius 1 is 0.900 bits per heavy atom. The third kappa shape index (κ3) is 5.22. The third-order valence-electron chi connectivity index (χ3n) is 4.46. The predicted molar refractivity (Wildman–Crippen MR) is 108 cm³/mol. The van der Waals surface area contributed by atoms with E-state index in [1.54, 1.807) is 38.1 Å². The van der Waals surface area contributed by atoms with Crippen molar-refractivity contribution in [3.05, 3.63) is 65.2 Å². The Kier molecular flexibility index (Phi) is 7.30. The molecule has 2 aromatic carbocycles. The first-order valence-corrected chi connectivity index (χ1v) is 9.04. The highest BCUT2D eigenvalue weighted by Gasteiger charge is 2.32. The average Bonchev–Trinajstić information content (AvgIpc) is 2.76. The lowest BCUT2D eigenvalue weighted by atomic mass is 9.85. The molecule has 0 fully saturated rings. The average molecular weight is 413 g/mol. The molecule has 1 N–H and O–H groups in total. The number of ether oxygens (including phenoxy) is 3. The van der Waals surface area contributed by atoms with Gasteiger partial charge in [0.05, 0.1) is 36.4 Å². The number of carbonyl (C=O) groups excluding carboxylic acids is 4. The van der Waals surface area contributed by atoms with E-state index in [1.165, 1.54) is 32.4 Å². The summed E-state index contributed by atoms with van der Waals surface area (Å²) in [6.45, 7) is 2.81. The molecular weight excluding hydrogens is 390 g/mol. The van der Waals surface area contributed by atoms with Gasteiger partial charge in [0.2, 0.25) is 0 Å². The molecule has 0 unspecified atom stereocenters. The number of rotatable bonds is 7. The van der Waals surface area contributed by atoms with Gasteiger partial charge in [-0.05, 0) is 37.6 Å². The Labute approximate surface area is 174 Å². The van der Waals surface area contributed by atoms with Crippen LogP contribution in [0, 0.1) is 0 Å². The first-order valence-electron chi connectivity index (χ1n) is 9.04. The Morgan fingerprint density at radius 3 is 2.13 bits per heavy atom. The van der Waals surface area contributed by atoms with Crippen molar-refractivity contribution in [2.45, 2.75) is 19.3 Å². The van der Waals surface area contributed by atoms with Crippen LogP contribution in [0.15, 0.2) is 48.5 Å². The van der Waals surface area contributed by atoms with E-state index in [0.717, 1.165) is 5.56 Å². The summed E-state index contributed by atoms with van der Waals surface area (Å²) in [4.78, 5) is 48.5. The molecule has 2 rings (SSSR count). The minimum atomic E-state index is -0.955. The van der Waals surface area contributed by atoms with Crippen LogP contribution in [0.3, 0.4) is 0 Å². The zero-order valence-corrected chi connectivity index (χ0v) is 17.2. The highest BCUT2D eigenvalue weighted by Crippen LogP contribution is 2.24. The second kappa shape index (κ2) is 9.69. The molecule has 0 aliphatic carbocycles. The fourth-order valence-corrected chi connectivity index (χ4v) is 2.65. The minimum Gasteiger partial charge on any atom is -0.465 e. The molecule has 0 radical (unpaired) electrons. The summed E-state index contributed by atoms with van der Waals surface area (Å²) >= 11 is 0. The van der Waals surface area contributed by atoms with Gasteiger partial charge in [0.1, 0.15) is 0 Å². The Bertz CT molecular complexity index is 951. The van der Waals surface area contributed by atoms with Gasteiger partial charge in [-0.2, -0.15) is 0 Å². The standard InChI is InChI=1S/C22H23NO7/c1-22(2,15-8-6-5-7-9-15)21(27)30-13-18(24)23-17-12-14(19(25)28-3)10-11-16(17)20(26)29-4/h5-12H,13H2,1-4H3,(H,23,24). The zero-order valence-electron chi connectivity index (χ0n) is 17.2. The number of hydrogen-bond acceptors (Lipinski definition) is 7. The quantitative estimate of drug-likeness (QED) is 0.549. The molecule has 30 heavy (non-hydrogen) atoms. The lowest BCUT2D eigenvalue weighted by Gasteiger charge is -2.23. The largest absolute Gasteiger partial charge is 0.465 e. The molecule has 0 aromatic heterocycles. The fraction of sp³-hybridized carbons (Fsp3) is 0.273. The number of carbonyl (C=O) groups is 4. The number of nitrogens with one attached hydrogen (secondary N) is 1. The van der Waals surface area contributed by atoms with Crippen LogP contribution in [0.25, 0.3) is 0 Å². The Morgan fingerprint density at radius 2 is 1.53 bits per heavy atom. The molecular formula is C22H23NO7. The molecule has 0 saturated carbocycles. The highest BCUT2D eigenvalue weighted by atomic mass is 16.5. The van der Waals surface area contributed by atoms with Crippen molar-refractivity contribution in [2.24, 2.45) is 0 Å². The molecule has 0 bridgehead atoms. The normalized spacial score (nSPS) is 10.7. The number of anilines is 1. The van der Waals surface area contributed by atoms with Crippen molar-refractivity contribution in [3.8, 4) is 0 Å². The summed E-state index contributed by atoms with van der Waals surface area (Å²) in [7, 11) is 2.40. The van der Waals surface area contributed by atoms with Crippen LogP contribution in [-0.4, -0.2) is 44.6 Å². The molecule has 0 aliphatic heterocycles. The van der Waals surface area contributed by atoms with Crippen LogP contribution in [0.4, 0.5) is 5.69 Å². The van der Waals surface area contributed by atoms with Crippen molar-refractivity contribution in [2.75, 3.05) is 26.1 Å². The minimum absolute atomic E-state index is 0.0353. The van der Waals surface area contributed by atoms with Gasteiger partial charge in [-0.25, -0.2) is 9.59 Å².